The third kappa shape index (κ3) is 1.93. The van der Waals surface area contributed by atoms with Crippen LogP contribution < -0.4 is 14.8 Å². The van der Waals surface area contributed by atoms with Crippen molar-refractivity contribution in [1.29, 1.82) is 0 Å². The van der Waals surface area contributed by atoms with Gasteiger partial charge in [-0.2, -0.15) is 0 Å². The molecular formula is C13H17NO3. The van der Waals surface area contributed by atoms with Crippen LogP contribution in [0.4, 0.5) is 5.69 Å². The standard InChI is InChI=1S/C13H17NO3/c1-9-4-11-12(17-8-16-11)5-10(9)14-6-13(7-15)2-3-13/h4-5,14-15H,2-3,6-8H2,1H3. The quantitative estimate of drug-likeness (QED) is 0.837. The van der Waals surface area contributed by atoms with Crippen LogP contribution in [0.25, 0.3) is 0 Å². The van der Waals surface area contributed by atoms with E-state index < -0.39 is 0 Å². The Kier molecular flexibility index (Phi) is 2.40. The van der Waals surface area contributed by atoms with Crippen LogP contribution in [-0.4, -0.2) is 25.1 Å². The van der Waals surface area contributed by atoms with Crippen molar-refractivity contribution in [3.8, 4) is 11.5 Å². The molecule has 92 valence electrons. The number of nitrogens with one attached hydrogen (secondary N) is 1. The fourth-order valence-electron chi connectivity index (χ4n) is 2.08. The normalized spacial score (nSPS) is 19.2. The molecule has 0 spiro atoms. The Labute approximate surface area is 101 Å². The molecule has 0 bridgehead atoms. The summed E-state index contributed by atoms with van der Waals surface area (Å²) >= 11 is 0. The third-order valence-corrected chi connectivity index (χ3v) is 3.67. The lowest BCUT2D eigenvalue weighted by Gasteiger charge is -2.15. The smallest absolute Gasteiger partial charge is 0.231 e. The highest BCUT2D eigenvalue weighted by Crippen LogP contribution is 2.45. The maximum absolute atomic E-state index is 9.27. The van der Waals surface area contributed by atoms with E-state index >= 15 is 0 Å². The Morgan fingerprint density at radius 2 is 2.00 bits per heavy atom. The van der Waals surface area contributed by atoms with Gasteiger partial charge < -0.3 is 19.9 Å². The van der Waals surface area contributed by atoms with Crippen molar-refractivity contribution in [2.45, 2.75) is 19.8 Å². The van der Waals surface area contributed by atoms with Crippen LogP contribution in [-0.2, 0) is 0 Å². The van der Waals surface area contributed by atoms with Crippen LogP contribution in [0, 0.1) is 12.3 Å². The average Bonchev–Trinajstić information content (AvgIpc) is 2.98. The second-order valence-electron chi connectivity index (χ2n) is 5.03. The van der Waals surface area contributed by atoms with Crippen molar-refractivity contribution < 1.29 is 14.6 Å². The lowest BCUT2D eigenvalue weighted by Crippen LogP contribution is -2.19. The molecule has 2 N–H and O–H groups in total. The van der Waals surface area contributed by atoms with E-state index in [0.717, 1.165) is 42.1 Å². The highest BCUT2D eigenvalue weighted by molar-refractivity contribution is 5.61. The molecule has 0 atom stereocenters. The second kappa shape index (κ2) is 3.81. The molecule has 0 saturated heterocycles. The highest BCUT2D eigenvalue weighted by Gasteiger charge is 2.41. The summed E-state index contributed by atoms with van der Waals surface area (Å²) < 4.78 is 10.7. The topological polar surface area (TPSA) is 50.7 Å². The fraction of sp³-hybridized carbons (Fsp3) is 0.538. The maximum atomic E-state index is 9.27. The first kappa shape index (κ1) is 10.7. The summed E-state index contributed by atoms with van der Waals surface area (Å²) in [7, 11) is 0. The molecule has 1 saturated carbocycles. The Morgan fingerprint density at radius 1 is 1.29 bits per heavy atom. The number of aryl methyl sites for hydroxylation is 1. The van der Waals surface area contributed by atoms with Crippen LogP contribution in [0.15, 0.2) is 12.1 Å². The lowest BCUT2D eigenvalue weighted by atomic mass is 10.1. The van der Waals surface area contributed by atoms with E-state index in [9.17, 15) is 5.11 Å². The van der Waals surface area contributed by atoms with Gasteiger partial charge in [-0.25, -0.2) is 0 Å². The van der Waals surface area contributed by atoms with Crippen LogP contribution in [0.1, 0.15) is 18.4 Å². The predicted octanol–water partition coefficient (Wildman–Crippen LogP) is 1.91. The molecule has 1 fully saturated rings. The van der Waals surface area contributed by atoms with Crippen LogP contribution in [0.5, 0.6) is 11.5 Å². The molecule has 1 aliphatic heterocycles. The number of hydrogen-bond acceptors (Lipinski definition) is 4. The summed E-state index contributed by atoms with van der Waals surface area (Å²) in [4.78, 5) is 0. The number of anilines is 1. The Hall–Kier alpha value is -1.42. The molecule has 17 heavy (non-hydrogen) atoms. The number of fused-ring (bicyclic) bond motifs is 1. The molecule has 1 aliphatic carbocycles. The van der Waals surface area contributed by atoms with E-state index in [2.05, 4.69) is 5.32 Å². The lowest BCUT2D eigenvalue weighted by molar-refractivity contribution is 0.174. The number of aliphatic hydroxyl groups is 1. The van der Waals surface area contributed by atoms with E-state index in [1.165, 1.54) is 0 Å². The van der Waals surface area contributed by atoms with Crippen LogP contribution >= 0.6 is 0 Å². The molecule has 0 aromatic heterocycles. The minimum absolute atomic E-state index is 0.114. The first-order valence-electron chi connectivity index (χ1n) is 5.97. The monoisotopic (exact) mass is 235 g/mol. The SMILES string of the molecule is Cc1cc2c(cc1NCC1(CO)CC1)OCO2. The maximum Gasteiger partial charge on any atom is 0.231 e. The van der Waals surface area contributed by atoms with Crippen molar-refractivity contribution in [2.24, 2.45) is 5.41 Å². The van der Waals surface area contributed by atoms with E-state index in [1.54, 1.807) is 0 Å². The van der Waals surface area contributed by atoms with Crippen LogP contribution in [0.3, 0.4) is 0 Å². The number of hydrogen-bond donors (Lipinski definition) is 2. The summed E-state index contributed by atoms with van der Waals surface area (Å²) in [5.74, 6) is 1.61. The first-order chi connectivity index (χ1) is 8.22. The van der Waals surface area contributed by atoms with Gasteiger partial charge in [0.15, 0.2) is 11.5 Å². The van der Waals surface area contributed by atoms with Gasteiger partial charge in [0, 0.05) is 23.7 Å². The largest absolute Gasteiger partial charge is 0.454 e. The van der Waals surface area contributed by atoms with E-state index in [1.807, 2.05) is 19.1 Å². The van der Waals surface area contributed by atoms with Crippen molar-refractivity contribution >= 4 is 5.69 Å². The molecule has 1 aromatic rings. The summed E-state index contributed by atoms with van der Waals surface area (Å²) in [6, 6.07) is 3.97. The van der Waals surface area contributed by atoms with E-state index in [-0.39, 0.29) is 12.0 Å². The van der Waals surface area contributed by atoms with E-state index in [4.69, 9.17) is 9.47 Å². The van der Waals surface area contributed by atoms with Crippen LogP contribution in [0.2, 0.25) is 0 Å². The van der Waals surface area contributed by atoms with Gasteiger partial charge in [-0.05, 0) is 31.4 Å². The number of benzene rings is 1. The molecule has 1 aromatic carbocycles. The zero-order valence-electron chi connectivity index (χ0n) is 9.95. The van der Waals surface area contributed by atoms with Crippen molar-refractivity contribution in [3.05, 3.63) is 17.7 Å². The van der Waals surface area contributed by atoms with Crippen molar-refractivity contribution in [2.75, 3.05) is 25.3 Å². The van der Waals surface area contributed by atoms with Gasteiger partial charge in [0.25, 0.3) is 0 Å². The molecule has 0 unspecified atom stereocenters. The van der Waals surface area contributed by atoms with Gasteiger partial charge in [0.05, 0.1) is 6.61 Å². The number of rotatable bonds is 4. The summed E-state index contributed by atoms with van der Waals surface area (Å²) in [6.07, 6.45) is 2.22. The van der Waals surface area contributed by atoms with Gasteiger partial charge in [-0.15, -0.1) is 0 Å². The number of ether oxygens (including phenoxy) is 2. The molecule has 0 radical (unpaired) electrons. The van der Waals surface area contributed by atoms with Gasteiger partial charge >= 0.3 is 0 Å². The zero-order chi connectivity index (χ0) is 11.9. The Morgan fingerprint density at radius 3 is 2.65 bits per heavy atom. The van der Waals surface area contributed by atoms with Gasteiger partial charge in [-0.3, -0.25) is 0 Å². The average molecular weight is 235 g/mol. The van der Waals surface area contributed by atoms with Gasteiger partial charge in [-0.1, -0.05) is 0 Å². The molecule has 4 heteroatoms. The Bertz CT molecular complexity index is 441. The van der Waals surface area contributed by atoms with Crippen molar-refractivity contribution in [1.82, 2.24) is 0 Å². The molecule has 3 rings (SSSR count). The minimum atomic E-state index is 0.114. The molecule has 0 amide bonds. The van der Waals surface area contributed by atoms with Crippen molar-refractivity contribution in [3.63, 3.8) is 0 Å². The third-order valence-electron chi connectivity index (χ3n) is 3.67. The molecule has 1 heterocycles. The predicted molar refractivity (Wildman–Crippen MR) is 64.5 cm³/mol. The summed E-state index contributed by atoms with van der Waals surface area (Å²) in [6.45, 7) is 3.44. The summed E-state index contributed by atoms with van der Waals surface area (Å²) in [5, 5.41) is 12.7. The molecule has 2 aliphatic rings. The number of aliphatic hydroxyl groups excluding tert-OH is 1. The zero-order valence-corrected chi connectivity index (χ0v) is 9.95. The minimum Gasteiger partial charge on any atom is -0.454 e. The van der Waals surface area contributed by atoms with E-state index in [0.29, 0.717) is 6.79 Å². The second-order valence-corrected chi connectivity index (χ2v) is 5.03. The first-order valence-corrected chi connectivity index (χ1v) is 5.97. The van der Waals surface area contributed by atoms with Gasteiger partial charge in [0.2, 0.25) is 6.79 Å². The summed E-state index contributed by atoms with van der Waals surface area (Å²) in [5.41, 5.74) is 2.32. The Balaban J connectivity index is 1.74. The molecular weight excluding hydrogens is 218 g/mol. The van der Waals surface area contributed by atoms with Gasteiger partial charge in [0.1, 0.15) is 0 Å². The fourth-order valence-corrected chi connectivity index (χ4v) is 2.08. The molecule has 4 nitrogen and oxygen atoms in total. The highest BCUT2D eigenvalue weighted by atomic mass is 16.7.